The third-order valence-corrected chi connectivity index (χ3v) is 4.79. The molecule has 0 radical (unpaired) electrons. The van der Waals surface area contributed by atoms with Gasteiger partial charge >= 0.3 is 0 Å². The molecular formula is C17H34N2. The van der Waals surface area contributed by atoms with Crippen LogP contribution in [0.2, 0.25) is 0 Å². The molecule has 2 heteroatoms. The molecule has 2 nitrogen and oxygen atoms in total. The van der Waals surface area contributed by atoms with E-state index in [1.54, 1.807) is 0 Å². The molecule has 19 heavy (non-hydrogen) atoms. The van der Waals surface area contributed by atoms with Crippen LogP contribution in [-0.4, -0.2) is 35.3 Å². The van der Waals surface area contributed by atoms with Crippen molar-refractivity contribution in [1.29, 1.82) is 0 Å². The lowest BCUT2D eigenvalue weighted by Crippen LogP contribution is -2.59. The lowest BCUT2D eigenvalue weighted by molar-refractivity contribution is -0.0106. The van der Waals surface area contributed by atoms with Gasteiger partial charge in [0.15, 0.2) is 0 Å². The average Bonchev–Trinajstić information content (AvgIpc) is 2.30. The van der Waals surface area contributed by atoms with Gasteiger partial charge in [0.25, 0.3) is 0 Å². The van der Waals surface area contributed by atoms with Crippen LogP contribution in [0.1, 0.15) is 79.6 Å². The Bertz CT molecular complexity index is 274. The summed E-state index contributed by atoms with van der Waals surface area (Å²) in [4.78, 5) is 7.38. The van der Waals surface area contributed by atoms with Crippen LogP contribution in [0.5, 0.6) is 0 Å². The summed E-state index contributed by atoms with van der Waals surface area (Å²) in [5, 5.41) is 0. The number of likely N-dealkylation sites (tertiary alicyclic amines) is 1. The molecule has 0 atom stereocenters. The predicted octanol–water partition coefficient (Wildman–Crippen LogP) is 4.68. The number of hydrogen-bond acceptors (Lipinski definition) is 2. The average molecular weight is 266 g/mol. The van der Waals surface area contributed by atoms with Gasteiger partial charge < -0.3 is 0 Å². The second-order valence-electron chi connectivity index (χ2n) is 7.43. The second-order valence-corrected chi connectivity index (χ2v) is 7.43. The van der Waals surface area contributed by atoms with Crippen molar-refractivity contribution in [1.82, 2.24) is 4.90 Å². The Balaban J connectivity index is 2.44. The first-order valence-corrected chi connectivity index (χ1v) is 8.05. The molecule has 0 aromatic rings. The monoisotopic (exact) mass is 266 g/mol. The number of piperidine rings is 1. The second kappa shape index (κ2) is 6.88. The van der Waals surface area contributed by atoms with Crippen LogP contribution in [-0.2, 0) is 0 Å². The fourth-order valence-corrected chi connectivity index (χ4v) is 3.31. The molecular weight excluding hydrogens is 232 g/mol. The molecule has 1 heterocycles. The van der Waals surface area contributed by atoms with Crippen LogP contribution in [0, 0.1) is 0 Å². The summed E-state index contributed by atoms with van der Waals surface area (Å²) >= 11 is 0. The van der Waals surface area contributed by atoms with E-state index < -0.39 is 0 Å². The molecule has 0 bridgehead atoms. The first kappa shape index (κ1) is 16.7. The highest BCUT2D eigenvalue weighted by Gasteiger charge is 2.42. The zero-order chi connectivity index (χ0) is 14.5. The molecule has 0 N–H and O–H groups in total. The summed E-state index contributed by atoms with van der Waals surface area (Å²) in [6.45, 7) is 11.6. The SMILES string of the molecule is CCCCCCC=NC1CC(C)(C)N(C)C(C)(C)C1. The van der Waals surface area contributed by atoms with E-state index in [1.807, 2.05) is 0 Å². The van der Waals surface area contributed by atoms with E-state index in [9.17, 15) is 0 Å². The first-order chi connectivity index (χ1) is 8.79. The maximum absolute atomic E-state index is 4.85. The Morgan fingerprint density at radius 3 is 2.16 bits per heavy atom. The van der Waals surface area contributed by atoms with Gasteiger partial charge in [0.1, 0.15) is 0 Å². The van der Waals surface area contributed by atoms with E-state index in [1.165, 1.54) is 38.5 Å². The number of aliphatic imine (C=N–C) groups is 1. The highest BCUT2D eigenvalue weighted by Crippen LogP contribution is 2.37. The van der Waals surface area contributed by atoms with Crippen molar-refractivity contribution < 1.29 is 0 Å². The molecule has 1 saturated heterocycles. The minimum absolute atomic E-state index is 0.256. The van der Waals surface area contributed by atoms with Crippen molar-refractivity contribution >= 4 is 6.21 Å². The van der Waals surface area contributed by atoms with Crippen LogP contribution in [0.25, 0.3) is 0 Å². The molecule has 1 aliphatic rings. The van der Waals surface area contributed by atoms with E-state index in [2.05, 4.69) is 52.8 Å². The molecule has 1 rings (SSSR count). The summed E-state index contributed by atoms with van der Waals surface area (Å²) in [6, 6.07) is 0.507. The van der Waals surface area contributed by atoms with E-state index in [0.29, 0.717) is 6.04 Å². The fraction of sp³-hybridized carbons (Fsp3) is 0.941. The van der Waals surface area contributed by atoms with E-state index >= 15 is 0 Å². The zero-order valence-electron chi connectivity index (χ0n) is 14.0. The minimum Gasteiger partial charge on any atom is -0.296 e. The molecule has 112 valence electrons. The highest BCUT2D eigenvalue weighted by atomic mass is 15.2. The Morgan fingerprint density at radius 1 is 1.05 bits per heavy atom. The molecule has 0 amide bonds. The fourth-order valence-electron chi connectivity index (χ4n) is 3.31. The quantitative estimate of drug-likeness (QED) is 0.503. The van der Waals surface area contributed by atoms with Crippen LogP contribution in [0.4, 0.5) is 0 Å². The van der Waals surface area contributed by atoms with Crippen LogP contribution in [0.15, 0.2) is 4.99 Å². The lowest BCUT2D eigenvalue weighted by Gasteiger charge is -2.52. The van der Waals surface area contributed by atoms with Gasteiger partial charge in [0.05, 0.1) is 6.04 Å². The van der Waals surface area contributed by atoms with Crippen molar-refractivity contribution in [3.8, 4) is 0 Å². The summed E-state index contributed by atoms with van der Waals surface area (Å²) in [5.74, 6) is 0. The van der Waals surface area contributed by atoms with E-state index in [-0.39, 0.29) is 11.1 Å². The minimum atomic E-state index is 0.256. The van der Waals surface area contributed by atoms with Crippen molar-refractivity contribution in [3.63, 3.8) is 0 Å². The molecule has 0 aliphatic carbocycles. The van der Waals surface area contributed by atoms with Crippen molar-refractivity contribution in [2.45, 2.75) is 96.7 Å². The van der Waals surface area contributed by atoms with Crippen LogP contribution >= 0.6 is 0 Å². The summed E-state index contributed by atoms with van der Waals surface area (Å²) in [7, 11) is 2.25. The number of unbranched alkanes of at least 4 members (excludes halogenated alkanes) is 4. The topological polar surface area (TPSA) is 15.6 Å². The molecule has 0 saturated carbocycles. The van der Waals surface area contributed by atoms with Gasteiger partial charge in [-0.3, -0.25) is 9.89 Å². The van der Waals surface area contributed by atoms with Gasteiger partial charge in [0, 0.05) is 11.1 Å². The van der Waals surface area contributed by atoms with Gasteiger partial charge in [-0.05, 0) is 66.6 Å². The maximum atomic E-state index is 4.85. The first-order valence-electron chi connectivity index (χ1n) is 8.05. The summed E-state index contributed by atoms with van der Waals surface area (Å²) in [6.07, 6.45) is 11.0. The normalized spacial score (nSPS) is 24.1. The Labute approximate surface area is 120 Å². The Hall–Kier alpha value is -0.370. The van der Waals surface area contributed by atoms with Crippen molar-refractivity contribution in [2.24, 2.45) is 4.99 Å². The standard InChI is InChI=1S/C17H34N2/c1-7-8-9-10-11-12-18-15-13-16(2,3)19(6)17(4,5)14-15/h12,15H,7-11,13-14H2,1-6H3. The van der Waals surface area contributed by atoms with Gasteiger partial charge in [-0.1, -0.05) is 26.2 Å². The molecule has 0 aromatic heterocycles. The molecule has 1 fully saturated rings. The summed E-state index contributed by atoms with van der Waals surface area (Å²) < 4.78 is 0. The van der Waals surface area contributed by atoms with Gasteiger partial charge in [-0.25, -0.2) is 0 Å². The van der Waals surface area contributed by atoms with Gasteiger partial charge in [-0.15, -0.1) is 0 Å². The molecule has 0 spiro atoms. The highest BCUT2D eigenvalue weighted by molar-refractivity contribution is 5.57. The van der Waals surface area contributed by atoms with Gasteiger partial charge in [0.2, 0.25) is 0 Å². The van der Waals surface area contributed by atoms with Crippen LogP contribution < -0.4 is 0 Å². The summed E-state index contributed by atoms with van der Waals surface area (Å²) in [5.41, 5.74) is 0.512. The Kier molecular flexibility index (Phi) is 6.04. The van der Waals surface area contributed by atoms with Crippen molar-refractivity contribution in [3.05, 3.63) is 0 Å². The van der Waals surface area contributed by atoms with E-state index in [0.717, 1.165) is 6.42 Å². The lowest BCUT2D eigenvalue weighted by atomic mass is 9.78. The van der Waals surface area contributed by atoms with Crippen molar-refractivity contribution in [2.75, 3.05) is 7.05 Å². The predicted molar refractivity (Wildman–Crippen MR) is 86.2 cm³/mol. The number of nitrogens with zero attached hydrogens (tertiary/aromatic N) is 2. The Morgan fingerprint density at radius 2 is 1.63 bits per heavy atom. The molecule has 1 aliphatic heterocycles. The maximum Gasteiger partial charge on any atom is 0.0530 e. The molecule has 0 aromatic carbocycles. The van der Waals surface area contributed by atoms with E-state index in [4.69, 9.17) is 4.99 Å². The third kappa shape index (κ3) is 4.91. The van der Waals surface area contributed by atoms with Gasteiger partial charge in [-0.2, -0.15) is 0 Å². The third-order valence-electron chi connectivity index (χ3n) is 4.79. The number of hydrogen-bond donors (Lipinski definition) is 0. The smallest absolute Gasteiger partial charge is 0.0530 e. The zero-order valence-corrected chi connectivity index (χ0v) is 14.0. The van der Waals surface area contributed by atoms with Crippen LogP contribution in [0.3, 0.4) is 0 Å². The number of rotatable bonds is 6. The molecule has 0 unspecified atom stereocenters. The largest absolute Gasteiger partial charge is 0.296 e.